The molecule has 170 valence electrons. The largest absolute Gasteiger partial charge is 0.459 e. The minimum atomic E-state index is -1.11. The molecule has 1 N–H and O–H groups in total. The van der Waals surface area contributed by atoms with Crippen LogP contribution in [0.25, 0.3) is 0 Å². The van der Waals surface area contributed by atoms with E-state index in [1.165, 1.54) is 12.7 Å². The van der Waals surface area contributed by atoms with E-state index in [1.54, 1.807) is 0 Å². The van der Waals surface area contributed by atoms with E-state index in [-0.39, 0.29) is 22.9 Å². The Labute approximate surface area is 185 Å². The summed E-state index contributed by atoms with van der Waals surface area (Å²) in [5.41, 5.74) is 0.331. The van der Waals surface area contributed by atoms with Gasteiger partial charge in [-0.05, 0) is 68.1 Å². The fraction of sp³-hybridized carbons (Fsp3) is 0.808. The maximum Gasteiger partial charge on any atom is 0.384 e. The smallest absolute Gasteiger partial charge is 0.384 e. The number of carbonyl (C=O) groups is 1. The van der Waals surface area contributed by atoms with Crippen molar-refractivity contribution in [2.24, 2.45) is 28.6 Å². The lowest BCUT2D eigenvalue weighted by Crippen LogP contribution is -2.59. The normalized spacial score (nSPS) is 50.2. The van der Waals surface area contributed by atoms with Gasteiger partial charge in [-0.25, -0.2) is 4.79 Å². The molecule has 5 aliphatic rings. The summed E-state index contributed by atoms with van der Waals surface area (Å²) in [5.74, 6) is 6.11. The molecule has 1 saturated heterocycles. The van der Waals surface area contributed by atoms with Gasteiger partial charge in [0.25, 0.3) is 0 Å². The number of ether oxygens (including phenoxy) is 3. The van der Waals surface area contributed by atoms with E-state index in [1.807, 2.05) is 0 Å². The second kappa shape index (κ2) is 7.07. The summed E-state index contributed by atoms with van der Waals surface area (Å²) in [5, 5.41) is 11.5. The van der Waals surface area contributed by atoms with Crippen molar-refractivity contribution in [1.29, 1.82) is 0 Å². The molecule has 0 aromatic heterocycles. The summed E-state index contributed by atoms with van der Waals surface area (Å²) in [7, 11) is 1.33. The van der Waals surface area contributed by atoms with Crippen LogP contribution in [0.1, 0.15) is 78.6 Å². The molecule has 4 aliphatic carbocycles. The zero-order valence-corrected chi connectivity index (χ0v) is 19.3. The highest BCUT2D eigenvalue weighted by molar-refractivity contribution is 5.88. The third-order valence-corrected chi connectivity index (χ3v) is 9.84. The minimum Gasteiger partial charge on any atom is -0.459 e. The van der Waals surface area contributed by atoms with Crippen molar-refractivity contribution >= 4 is 5.97 Å². The van der Waals surface area contributed by atoms with Crippen molar-refractivity contribution < 1.29 is 24.1 Å². The van der Waals surface area contributed by atoms with Gasteiger partial charge in [-0.1, -0.05) is 38.3 Å². The molecule has 4 fully saturated rings. The van der Waals surface area contributed by atoms with Crippen molar-refractivity contribution in [1.82, 2.24) is 0 Å². The topological polar surface area (TPSA) is 65.0 Å². The van der Waals surface area contributed by atoms with Crippen LogP contribution in [-0.4, -0.2) is 35.9 Å². The second-order valence-electron chi connectivity index (χ2n) is 11.0. The predicted molar refractivity (Wildman–Crippen MR) is 115 cm³/mol. The fourth-order valence-corrected chi connectivity index (χ4v) is 7.89. The van der Waals surface area contributed by atoms with Crippen molar-refractivity contribution in [2.75, 3.05) is 7.11 Å². The van der Waals surface area contributed by atoms with Gasteiger partial charge in [-0.2, -0.15) is 0 Å². The van der Waals surface area contributed by atoms with E-state index in [4.69, 9.17) is 9.47 Å². The maximum absolute atomic E-state index is 11.6. The monoisotopic (exact) mass is 428 g/mol. The first-order valence-corrected chi connectivity index (χ1v) is 12.1. The Bertz CT molecular complexity index is 861. The molecule has 5 heteroatoms. The van der Waals surface area contributed by atoms with E-state index < -0.39 is 11.6 Å². The Hall–Kier alpha value is -1.35. The third kappa shape index (κ3) is 2.98. The molecule has 6 atom stereocenters. The van der Waals surface area contributed by atoms with Crippen LogP contribution < -0.4 is 0 Å². The lowest BCUT2D eigenvalue weighted by molar-refractivity contribution is -0.458. The van der Waals surface area contributed by atoms with Crippen LogP contribution in [0.5, 0.6) is 0 Å². The number of aliphatic hydroxyl groups is 1. The molecule has 31 heavy (non-hydrogen) atoms. The van der Waals surface area contributed by atoms with Gasteiger partial charge >= 0.3 is 5.97 Å². The lowest BCUT2D eigenvalue weighted by atomic mass is 9.46. The molecular weight excluding hydrogens is 392 g/mol. The highest BCUT2D eigenvalue weighted by Crippen LogP contribution is 2.68. The molecular formula is C26H36O5. The zero-order valence-electron chi connectivity index (χ0n) is 19.3. The first-order chi connectivity index (χ1) is 14.7. The standard InChI is InChI=1S/C26H36O5/c1-5-22-30-26(31-22)15-14-23(2)17(16-26)6-7-18-19(23)8-11-24(3)20(18)9-12-25(24,28)13-10-21(27)29-4/h6,18-20,22,28H,5,7-9,11-12,14-16H2,1-4H3/t18-,19+,20+,22?,23+,24+,25-,26?/m1/s1. The number of rotatable bonds is 1. The summed E-state index contributed by atoms with van der Waals surface area (Å²) in [6, 6.07) is 0. The Balaban J connectivity index is 1.39. The quantitative estimate of drug-likeness (QED) is 0.291. The SMILES string of the molecule is CCC1OC2(CC[C@@]3(C)C(=CC[C@@H]4[C@@H]3CC[C@@]3(C)[C@H]4CC[C@@]3(O)C#CC(=O)OC)C2)O1. The number of allylic oxidation sites excluding steroid dienone is 1. The first kappa shape index (κ1) is 21.5. The predicted octanol–water partition coefficient (Wildman–Crippen LogP) is 4.34. The first-order valence-electron chi connectivity index (χ1n) is 12.1. The van der Waals surface area contributed by atoms with Crippen molar-refractivity contribution in [3.8, 4) is 11.8 Å². The summed E-state index contributed by atoms with van der Waals surface area (Å²) in [6.07, 6.45) is 11.0. The van der Waals surface area contributed by atoms with Gasteiger partial charge in [-0.15, -0.1) is 0 Å². The second-order valence-corrected chi connectivity index (χ2v) is 11.0. The Morgan fingerprint density at radius 3 is 2.65 bits per heavy atom. The van der Waals surface area contributed by atoms with E-state index in [0.29, 0.717) is 24.2 Å². The lowest BCUT2D eigenvalue weighted by Gasteiger charge is -2.61. The number of carbonyl (C=O) groups excluding carboxylic acids is 1. The molecule has 1 spiro atoms. The Morgan fingerprint density at radius 1 is 1.19 bits per heavy atom. The van der Waals surface area contributed by atoms with Gasteiger partial charge in [0.05, 0.1) is 7.11 Å². The molecule has 5 rings (SSSR count). The van der Waals surface area contributed by atoms with Crippen LogP contribution in [0.2, 0.25) is 0 Å². The summed E-state index contributed by atoms with van der Waals surface area (Å²) < 4.78 is 17.0. The van der Waals surface area contributed by atoms with Crippen LogP contribution in [0.4, 0.5) is 0 Å². The number of hydrogen-bond donors (Lipinski definition) is 1. The maximum atomic E-state index is 11.6. The summed E-state index contributed by atoms with van der Waals surface area (Å²) in [6.45, 7) is 6.76. The highest BCUT2D eigenvalue weighted by Gasteiger charge is 2.64. The zero-order chi connectivity index (χ0) is 22.1. The van der Waals surface area contributed by atoms with Crippen LogP contribution in [0.3, 0.4) is 0 Å². The molecule has 0 unspecified atom stereocenters. The van der Waals surface area contributed by atoms with E-state index in [9.17, 15) is 9.90 Å². The fourth-order valence-electron chi connectivity index (χ4n) is 7.89. The van der Waals surface area contributed by atoms with Crippen LogP contribution in [-0.2, 0) is 19.0 Å². The van der Waals surface area contributed by atoms with Gasteiger partial charge in [0.15, 0.2) is 12.1 Å². The molecule has 0 amide bonds. The summed E-state index contributed by atoms with van der Waals surface area (Å²) in [4.78, 5) is 11.6. The Morgan fingerprint density at radius 2 is 1.94 bits per heavy atom. The Kier molecular flexibility index (Phi) is 4.90. The number of hydrogen-bond acceptors (Lipinski definition) is 5. The molecule has 1 aliphatic heterocycles. The van der Waals surface area contributed by atoms with Crippen molar-refractivity contribution in [2.45, 2.75) is 96.2 Å². The number of fused-ring (bicyclic) bond motifs is 5. The number of methoxy groups -OCH3 is 1. The van der Waals surface area contributed by atoms with Crippen molar-refractivity contribution in [3.63, 3.8) is 0 Å². The van der Waals surface area contributed by atoms with Crippen LogP contribution >= 0.6 is 0 Å². The van der Waals surface area contributed by atoms with E-state index >= 15 is 0 Å². The van der Waals surface area contributed by atoms with Gasteiger partial charge in [0, 0.05) is 24.2 Å². The van der Waals surface area contributed by atoms with E-state index in [2.05, 4.69) is 43.4 Å². The van der Waals surface area contributed by atoms with Gasteiger partial charge in [0.1, 0.15) is 5.60 Å². The minimum absolute atomic E-state index is 0.0288. The molecule has 3 saturated carbocycles. The number of esters is 1. The molecule has 0 aromatic rings. The average molecular weight is 429 g/mol. The summed E-state index contributed by atoms with van der Waals surface area (Å²) >= 11 is 0. The molecule has 1 heterocycles. The van der Waals surface area contributed by atoms with Gasteiger partial charge in [-0.3, -0.25) is 0 Å². The third-order valence-electron chi connectivity index (χ3n) is 9.84. The van der Waals surface area contributed by atoms with Crippen LogP contribution in [0.15, 0.2) is 11.6 Å². The van der Waals surface area contributed by atoms with Gasteiger partial charge in [0.2, 0.25) is 0 Å². The average Bonchev–Trinajstić information content (AvgIpc) is 3.01. The highest BCUT2D eigenvalue weighted by atomic mass is 16.9. The molecule has 5 nitrogen and oxygen atoms in total. The molecule has 0 aromatic carbocycles. The van der Waals surface area contributed by atoms with E-state index in [0.717, 1.165) is 51.4 Å². The van der Waals surface area contributed by atoms with Crippen molar-refractivity contribution in [3.05, 3.63) is 11.6 Å². The van der Waals surface area contributed by atoms with Crippen LogP contribution in [0, 0.1) is 40.4 Å². The van der Waals surface area contributed by atoms with Gasteiger partial charge < -0.3 is 19.3 Å². The molecule has 0 bridgehead atoms. The molecule has 0 radical (unpaired) electrons.